The molecule has 1 aliphatic rings. The van der Waals surface area contributed by atoms with Crippen LogP contribution < -0.4 is 5.32 Å². The zero-order chi connectivity index (χ0) is 15.1. The van der Waals surface area contributed by atoms with Crippen LogP contribution in [0.15, 0.2) is 16.5 Å². The Morgan fingerprint density at radius 1 is 1.29 bits per heavy atom. The maximum Gasteiger partial charge on any atom is 0.118 e. The van der Waals surface area contributed by atoms with Crippen LogP contribution in [0.2, 0.25) is 0 Å². The summed E-state index contributed by atoms with van der Waals surface area (Å²) >= 11 is 0. The van der Waals surface area contributed by atoms with Gasteiger partial charge in [-0.2, -0.15) is 0 Å². The van der Waals surface area contributed by atoms with Gasteiger partial charge in [0.05, 0.1) is 13.1 Å². The summed E-state index contributed by atoms with van der Waals surface area (Å²) in [6.07, 6.45) is 3.81. The number of furan rings is 1. The van der Waals surface area contributed by atoms with E-state index in [-0.39, 0.29) is 0 Å². The molecule has 0 spiro atoms. The van der Waals surface area contributed by atoms with Gasteiger partial charge in [0.25, 0.3) is 0 Å². The van der Waals surface area contributed by atoms with Crippen molar-refractivity contribution in [3.63, 3.8) is 0 Å². The highest BCUT2D eigenvalue weighted by Crippen LogP contribution is 2.18. The van der Waals surface area contributed by atoms with E-state index in [2.05, 4.69) is 48.3 Å². The molecule has 0 bridgehead atoms. The molecule has 1 saturated heterocycles. The first kappa shape index (κ1) is 16.5. The Labute approximate surface area is 129 Å². The van der Waals surface area contributed by atoms with Gasteiger partial charge in [0, 0.05) is 6.54 Å². The van der Waals surface area contributed by atoms with Crippen LogP contribution in [0.4, 0.5) is 0 Å². The second-order valence-electron chi connectivity index (χ2n) is 6.49. The molecule has 0 amide bonds. The van der Waals surface area contributed by atoms with E-state index in [1.165, 1.54) is 32.5 Å². The minimum Gasteiger partial charge on any atom is -0.463 e. The molecule has 4 nitrogen and oxygen atoms in total. The van der Waals surface area contributed by atoms with Crippen LogP contribution >= 0.6 is 0 Å². The van der Waals surface area contributed by atoms with E-state index in [1.807, 2.05) is 0 Å². The zero-order valence-electron chi connectivity index (χ0n) is 13.9. The van der Waals surface area contributed by atoms with Crippen molar-refractivity contribution in [3.05, 3.63) is 23.7 Å². The standard InChI is InChI=1S/C17H31N3O/c1-4-9-18-12-16-5-6-17(21-16)14-20(3)13-15-7-10-19(2)11-8-15/h5-6,15,18H,4,7-14H2,1-3H3. The fourth-order valence-corrected chi connectivity index (χ4v) is 3.01. The number of nitrogens with zero attached hydrogens (tertiary/aromatic N) is 2. The molecule has 0 radical (unpaired) electrons. The molecule has 1 fully saturated rings. The largest absolute Gasteiger partial charge is 0.463 e. The Morgan fingerprint density at radius 2 is 2.00 bits per heavy atom. The summed E-state index contributed by atoms with van der Waals surface area (Å²) in [4.78, 5) is 4.83. The predicted octanol–water partition coefficient (Wildman–Crippen LogP) is 2.55. The molecule has 21 heavy (non-hydrogen) atoms. The Kier molecular flexibility index (Phi) is 6.74. The molecule has 2 heterocycles. The third-order valence-electron chi connectivity index (χ3n) is 4.28. The van der Waals surface area contributed by atoms with Crippen LogP contribution in [0, 0.1) is 5.92 Å². The summed E-state index contributed by atoms with van der Waals surface area (Å²) < 4.78 is 5.89. The van der Waals surface area contributed by atoms with Gasteiger partial charge in [-0.25, -0.2) is 0 Å². The molecule has 1 aliphatic heterocycles. The van der Waals surface area contributed by atoms with Crippen molar-refractivity contribution in [2.75, 3.05) is 40.3 Å². The molecular weight excluding hydrogens is 262 g/mol. The van der Waals surface area contributed by atoms with Crippen LogP contribution in [-0.2, 0) is 13.1 Å². The monoisotopic (exact) mass is 293 g/mol. The smallest absolute Gasteiger partial charge is 0.118 e. The lowest BCUT2D eigenvalue weighted by Crippen LogP contribution is -2.35. The Bertz CT molecular complexity index is 396. The topological polar surface area (TPSA) is 31.6 Å². The molecule has 0 unspecified atom stereocenters. The van der Waals surface area contributed by atoms with Crippen LogP contribution in [0.3, 0.4) is 0 Å². The third kappa shape index (κ3) is 5.81. The van der Waals surface area contributed by atoms with Gasteiger partial charge in [-0.3, -0.25) is 4.90 Å². The molecule has 4 heteroatoms. The number of piperidine rings is 1. The summed E-state index contributed by atoms with van der Waals surface area (Å²) in [7, 11) is 4.42. The van der Waals surface area contributed by atoms with Crippen molar-refractivity contribution in [3.8, 4) is 0 Å². The molecule has 2 rings (SSSR count). The molecule has 1 aromatic heterocycles. The summed E-state index contributed by atoms with van der Waals surface area (Å²) in [5, 5.41) is 3.38. The SMILES string of the molecule is CCCNCc1ccc(CN(C)CC2CCN(C)CC2)o1. The van der Waals surface area contributed by atoms with E-state index in [1.54, 1.807) is 0 Å². The van der Waals surface area contributed by atoms with Crippen LogP contribution in [-0.4, -0.2) is 50.1 Å². The maximum absolute atomic E-state index is 5.89. The van der Waals surface area contributed by atoms with Crippen LogP contribution in [0.1, 0.15) is 37.7 Å². The number of hydrogen-bond donors (Lipinski definition) is 1. The van der Waals surface area contributed by atoms with Gasteiger partial charge < -0.3 is 14.6 Å². The van der Waals surface area contributed by atoms with Crippen molar-refractivity contribution in [1.29, 1.82) is 0 Å². The summed E-state index contributed by atoms with van der Waals surface area (Å²) in [6.45, 7) is 8.65. The van der Waals surface area contributed by atoms with Gasteiger partial charge in [-0.15, -0.1) is 0 Å². The predicted molar refractivity (Wildman–Crippen MR) is 87.3 cm³/mol. The molecule has 0 aromatic carbocycles. The molecule has 1 N–H and O–H groups in total. The van der Waals surface area contributed by atoms with Gasteiger partial charge in [0.1, 0.15) is 11.5 Å². The van der Waals surface area contributed by atoms with E-state index in [9.17, 15) is 0 Å². The summed E-state index contributed by atoms with van der Waals surface area (Å²) in [6, 6.07) is 4.22. The minimum atomic E-state index is 0.840. The second kappa shape index (κ2) is 8.57. The van der Waals surface area contributed by atoms with E-state index in [4.69, 9.17) is 4.42 Å². The highest BCUT2D eigenvalue weighted by molar-refractivity contribution is 5.07. The fraction of sp³-hybridized carbons (Fsp3) is 0.765. The van der Waals surface area contributed by atoms with E-state index in [0.29, 0.717) is 0 Å². The molecular formula is C17H31N3O. The Balaban J connectivity index is 1.71. The van der Waals surface area contributed by atoms with Gasteiger partial charge in [-0.1, -0.05) is 6.92 Å². The second-order valence-corrected chi connectivity index (χ2v) is 6.49. The first-order valence-corrected chi connectivity index (χ1v) is 8.32. The minimum absolute atomic E-state index is 0.840. The zero-order valence-corrected chi connectivity index (χ0v) is 13.9. The first-order valence-electron chi connectivity index (χ1n) is 8.32. The highest BCUT2D eigenvalue weighted by atomic mass is 16.3. The van der Waals surface area contributed by atoms with E-state index >= 15 is 0 Å². The van der Waals surface area contributed by atoms with Gasteiger partial charge in [0.2, 0.25) is 0 Å². The lowest BCUT2D eigenvalue weighted by molar-refractivity contribution is 0.168. The average Bonchev–Trinajstić information content (AvgIpc) is 2.89. The normalized spacial score (nSPS) is 17.7. The Morgan fingerprint density at radius 3 is 2.71 bits per heavy atom. The van der Waals surface area contributed by atoms with Crippen LogP contribution in [0.5, 0.6) is 0 Å². The first-order chi connectivity index (χ1) is 10.2. The lowest BCUT2D eigenvalue weighted by Gasteiger charge is -2.31. The molecule has 0 atom stereocenters. The number of rotatable bonds is 8. The van der Waals surface area contributed by atoms with Crippen LogP contribution in [0.25, 0.3) is 0 Å². The highest BCUT2D eigenvalue weighted by Gasteiger charge is 2.18. The van der Waals surface area contributed by atoms with E-state index in [0.717, 1.165) is 43.5 Å². The van der Waals surface area contributed by atoms with Gasteiger partial charge in [-0.05, 0) is 71.0 Å². The Hall–Kier alpha value is -0.840. The van der Waals surface area contributed by atoms with Crippen molar-refractivity contribution >= 4 is 0 Å². The molecule has 0 saturated carbocycles. The van der Waals surface area contributed by atoms with E-state index < -0.39 is 0 Å². The van der Waals surface area contributed by atoms with Crippen molar-refractivity contribution < 1.29 is 4.42 Å². The number of nitrogens with one attached hydrogen (secondary N) is 1. The summed E-state index contributed by atoms with van der Waals surface area (Å²) in [5.74, 6) is 2.97. The average molecular weight is 293 g/mol. The summed E-state index contributed by atoms with van der Waals surface area (Å²) in [5.41, 5.74) is 0. The fourth-order valence-electron chi connectivity index (χ4n) is 3.01. The third-order valence-corrected chi connectivity index (χ3v) is 4.28. The molecule has 120 valence electrons. The molecule has 0 aliphatic carbocycles. The van der Waals surface area contributed by atoms with Gasteiger partial charge >= 0.3 is 0 Å². The van der Waals surface area contributed by atoms with Crippen molar-refractivity contribution in [1.82, 2.24) is 15.1 Å². The maximum atomic E-state index is 5.89. The van der Waals surface area contributed by atoms with Gasteiger partial charge in [0.15, 0.2) is 0 Å². The van der Waals surface area contributed by atoms with Crippen molar-refractivity contribution in [2.45, 2.75) is 39.3 Å². The number of hydrogen-bond acceptors (Lipinski definition) is 4. The quantitative estimate of drug-likeness (QED) is 0.747. The van der Waals surface area contributed by atoms with Crippen molar-refractivity contribution in [2.24, 2.45) is 5.92 Å². The lowest BCUT2D eigenvalue weighted by atomic mass is 9.97. The number of likely N-dealkylation sites (tertiary alicyclic amines) is 1. The molecule has 1 aromatic rings.